The number of anilines is 1. The Kier molecular flexibility index (Phi) is 8.89. The van der Waals surface area contributed by atoms with Gasteiger partial charge in [0.25, 0.3) is 5.91 Å². The van der Waals surface area contributed by atoms with Gasteiger partial charge in [-0.25, -0.2) is 4.79 Å². The van der Waals surface area contributed by atoms with Gasteiger partial charge in [-0.1, -0.05) is 42.7 Å². The quantitative estimate of drug-likeness (QED) is 0.470. The molecule has 0 aromatic heterocycles. The van der Waals surface area contributed by atoms with Crippen molar-refractivity contribution in [3.05, 3.63) is 41.4 Å². The van der Waals surface area contributed by atoms with Gasteiger partial charge in [0.05, 0.1) is 0 Å². The van der Waals surface area contributed by atoms with Crippen molar-refractivity contribution >= 4 is 41.1 Å². The van der Waals surface area contributed by atoms with Crippen LogP contribution in [0.4, 0.5) is 10.5 Å². The highest BCUT2D eigenvalue weighted by atomic mass is 35.5. The molecule has 4 atom stereocenters. The Labute approximate surface area is 235 Å². The largest absolute Gasteiger partial charge is 0.444 e. The first-order valence-electron chi connectivity index (χ1n) is 13.8. The number of rotatable bonds is 3. The molecule has 0 spiro atoms. The number of amides is 4. The first kappa shape index (κ1) is 28.9. The van der Waals surface area contributed by atoms with Crippen molar-refractivity contribution in [2.24, 2.45) is 5.92 Å². The number of carbonyl (C=O) groups excluding carboxylic acids is 4. The number of hydrogen-bond acceptors (Lipinski definition) is 5. The summed E-state index contributed by atoms with van der Waals surface area (Å²) in [5.74, 6) is -1.10. The van der Waals surface area contributed by atoms with Gasteiger partial charge in [0.1, 0.15) is 23.2 Å². The maximum atomic E-state index is 13.7. The van der Waals surface area contributed by atoms with Crippen molar-refractivity contribution in [2.45, 2.75) is 95.4 Å². The van der Waals surface area contributed by atoms with Gasteiger partial charge in [-0.2, -0.15) is 0 Å². The molecule has 4 amide bonds. The van der Waals surface area contributed by atoms with Crippen LogP contribution in [0, 0.1) is 5.92 Å². The lowest BCUT2D eigenvalue weighted by molar-refractivity contribution is -0.141. The zero-order chi connectivity index (χ0) is 28.2. The molecule has 10 heteroatoms. The monoisotopic (exact) mass is 558 g/mol. The first-order chi connectivity index (χ1) is 18.5. The summed E-state index contributed by atoms with van der Waals surface area (Å²) in [6.45, 7) is 5.71. The third-order valence-electron chi connectivity index (χ3n) is 7.41. The van der Waals surface area contributed by atoms with E-state index < -0.39 is 29.3 Å². The van der Waals surface area contributed by atoms with Crippen molar-refractivity contribution in [3.63, 3.8) is 0 Å². The van der Waals surface area contributed by atoms with E-state index in [4.69, 9.17) is 16.3 Å². The van der Waals surface area contributed by atoms with Gasteiger partial charge in [-0.15, -0.1) is 0 Å². The van der Waals surface area contributed by atoms with Crippen molar-refractivity contribution in [2.75, 3.05) is 11.9 Å². The number of fused-ring (bicyclic) bond motifs is 2. The Balaban J connectivity index is 1.54. The van der Waals surface area contributed by atoms with E-state index in [2.05, 4.69) is 22.0 Å². The summed E-state index contributed by atoms with van der Waals surface area (Å²) in [4.78, 5) is 54.8. The average Bonchev–Trinajstić information content (AvgIpc) is 3.31. The molecule has 0 radical (unpaired) electrons. The van der Waals surface area contributed by atoms with E-state index in [9.17, 15) is 19.2 Å². The van der Waals surface area contributed by atoms with Gasteiger partial charge in [0.2, 0.25) is 11.8 Å². The third kappa shape index (κ3) is 7.32. The molecule has 9 nitrogen and oxygen atoms in total. The van der Waals surface area contributed by atoms with Gasteiger partial charge < -0.3 is 25.6 Å². The summed E-state index contributed by atoms with van der Waals surface area (Å²) in [6.07, 6.45) is 8.88. The number of nitrogens with one attached hydrogen (secondary N) is 3. The number of alkyl carbamates (subject to hydrolysis) is 1. The van der Waals surface area contributed by atoms with Gasteiger partial charge in [0, 0.05) is 23.2 Å². The second-order valence-corrected chi connectivity index (χ2v) is 12.1. The van der Waals surface area contributed by atoms with Gasteiger partial charge >= 0.3 is 6.09 Å². The van der Waals surface area contributed by atoms with Crippen molar-refractivity contribution in [1.82, 2.24) is 15.5 Å². The summed E-state index contributed by atoms with van der Waals surface area (Å²) in [7, 11) is 0. The third-order valence-corrected chi connectivity index (χ3v) is 7.64. The van der Waals surface area contributed by atoms with E-state index in [0.717, 1.165) is 25.7 Å². The minimum Gasteiger partial charge on any atom is -0.444 e. The first-order valence-corrected chi connectivity index (χ1v) is 14.2. The second kappa shape index (κ2) is 12.0. The minimum atomic E-state index is -1.10. The number of benzene rings is 1. The molecular formula is C29H39ClN4O5. The van der Waals surface area contributed by atoms with Gasteiger partial charge in [-0.05, 0) is 77.5 Å². The van der Waals surface area contributed by atoms with Crippen LogP contribution in [0.1, 0.15) is 72.1 Å². The number of allylic oxidation sites excluding steroid dienone is 1. The smallest absolute Gasteiger partial charge is 0.408 e. The lowest BCUT2D eigenvalue weighted by Gasteiger charge is -2.30. The molecular weight excluding hydrogens is 520 g/mol. The zero-order valence-electron chi connectivity index (χ0n) is 22.9. The molecule has 2 fully saturated rings. The topological polar surface area (TPSA) is 117 Å². The van der Waals surface area contributed by atoms with Gasteiger partial charge in [0.15, 0.2) is 0 Å². The standard InChI is InChI=1S/C29H39ClN4O5/c1-28(2,3)39-27(38)32-22-14-8-6-4-5-7-11-19-18-29(19,26(37)31-21-13-9-12-20(30)17-21)33-24(35)23-15-10-16-34(23)25(22)36/h7,9,11-13,17,19,22-23H,4-6,8,10,14-16,18H2,1-3H3,(H,31,37)(H,32,38)(H,33,35)/b11-7-/t19-,22-,23-,29+/m0/s1. The van der Waals surface area contributed by atoms with Crippen molar-refractivity contribution in [1.29, 1.82) is 0 Å². The molecule has 212 valence electrons. The fourth-order valence-corrected chi connectivity index (χ4v) is 5.54. The van der Waals surface area contributed by atoms with Crippen LogP contribution >= 0.6 is 11.6 Å². The molecule has 0 unspecified atom stereocenters. The summed E-state index contributed by atoms with van der Waals surface area (Å²) >= 11 is 6.09. The van der Waals surface area contributed by atoms with E-state index in [1.807, 2.05) is 6.08 Å². The predicted octanol–water partition coefficient (Wildman–Crippen LogP) is 4.56. The van der Waals surface area contributed by atoms with Crippen LogP contribution in [0.25, 0.3) is 0 Å². The minimum absolute atomic E-state index is 0.141. The van der Waals surface area contributed by atoms with E-state index >= 15 is 0 Å². The zero-order valence-corrected chi connectivity index (χ0v) is 23.7. The Morgan fingerprint density at radius 1 is 1.13 bits per heavy atom. The van der Waals surface area contributed by atoms with E-state index in [0.29, 0.717) is 42.9 Å². The number of hydrogen-bond donors (Lipinski definition) is 3. The molecule has 1 aromatic rings. The van der Waals surface area contributed by atoms with Crippen LogP contribution in [0.5, 0.6) is 0 Å². The van der Waals surface area contributed by atoms with Crippen LogP contribution in [-0.4, -0.2) is 58.5 Å². The molecule has 2 aliphatic heterocycles. The fourth-order valence-electron chi connectivity index (χ4n) is 5.35. The highest BCUT2D eigenvalue weighted by Crippen LogP contribution is 2.46. The summed E-state index contributed by atoms with van der Waals surface area (Å²) in [6, 6.07) is 5.37. The average molecular weight is 559 g/mol. The number of ether oxygens (including phenoxy) is 1. The molecule has 2 heterocycles. The van der Waals surface area contributed by atoms with Crippen LogP contribution < -0.4 is 16.0 Å². The molecule has 0 bridgehead atoms. The maximum absolute atomic E-state index is 13.7. The Hall–Kier alpha value is -3.07. The predicted molar refractivity (Wildman–Crippen MR) is 149 cm³/mol. The molecule has 39 heavy (non-hydrogen) atoms. The Morgan fingerprint density at radius 2 is 1.92 bits per heavy atom. The van der Waals surface area contributed by atoms with E-state index in [-0.39, 0.29) is 23.6 Å². The highest BCUT2D eigenvalue weighted by molar-refractivity contribution is 6.31. The fraction of sp³-hybridized carbons (Fsp3) is 0.586. The summed E-state index contributed by atoms with van der Waals surface area (Å²) < 4.78 is 5.40. The lowest BCUT2D eigenvalue weighted by atomic mass is 10.0. The normalized spacial score (nSPS) is 28.6. The lowest BCUT2D eigenvalue weighted by Crippen LogP contribution is -2.57. The van der Waals surface area contributed by atoms with E-state index in [1.165, 1.54) is 0 Å². The number of nitrogens with zero attached hydrogens (tertiary/aromatic N) is 1. The molecule has 4 rings (SSSR count). The Bertz CT molecular complexity index is 1130. The van der Waals surface area contributed by atoms with Crippen molar-refractivity contribution in [3.8, 4) is 0 Å². The summed E-state index contributed by atoms with van der Waals surface area (Å²) in [5.41, 5.74) is -1.24. The number of carbonyl (C=O) groups is 4. The Morgan fingerprint density at radius 3 is 2.67 bits per heavy atom. The highest BCUT2D eigenvalue weighted by Gasteiger charge is 2.60. The van der Waals surface area contributed by atoms with Crippen LogP contribution in [0.3, 0.4) is 0 Å². The van der Waals surface area contributed by atoms with E-state index in [1.54, 1.807) is 49.9 Å². The van der Waals surface area contributed by atoms with Crippen LogP contribution in [-0.2, 0) is 19.1 Å². The SMILES string of the molecule is CC(C)(C)OC(=O)N[C@H]1CCCCC/C=C\[C@H]2C[C@@]2(C(=O)Nc2cccc(Cl)c2)NC(=O)[C@@H]2CCCN2C1=O. The molecule has 1 saturated carbocycles. The molecule has 1 aromatic carbocycles. The van der Waals surface area contributed by atoms with Crippen LogP contribution in [0.15, 0.2) is 36.4 Å². The van der Waals surface area contributed by atoms with Crippen LogP contribution in [0.2, 0.25) is 5.02 Å². The maximum Gasteiger partial charge on any atom is 0.408 e. The molecule has 1 aliphatic carbocycles. The second-order valence-electron chi connectivity index (χ2n) is 11.7. The number of halogens is 1. The van der Waals surface area contributed by atoms with Crippen molar-refractivity contribution < 1.29 is 23.9 Å². The molecule has 3 aliphatic rings. The molecule has 1 saturated heterocycles. The molecule has 3 N–H and O–H groups in total. The summed E-state index contributed by atoms with van der Waals surface area (Å²) in [5, 5.41) is 9.16. The van der Waals surface area contributed by atoms with Gasteiger partial charge in [-0.3, -0.25) is 14.4 Å².